The number of nitrogens with zero attached hydrogens (tertiary/aromatic N) is 1. The summed E-state index contributed by atoms with van der Waals surface area (Å²) in [7, 11) is 0. The summed E-state index contributed by atoms with van der Waals surface area (Å²) in [4.78, 5) is 33.1. The van der Waals surface area contributed by atoms with E-state index in [4.69, 9.17) is 5.11 Å². The van der Waals surface area contributed by atoms with Gasteiger partial charge in [-0.2, -0.15) is 13.2 Å². The molecule has 0 amide bonds. The molecule has 0 unspecified atom stereocenters. The molecule has 19 heavy (non-hydrogen) atoms. The fraction of sp³-hybridized carbons (Fsp3) is 0.700. The largest absolute Gasteiger partial charge is 0.491 e. The van der Waals surface area contributed by atoms with Crippen LogP contribution in [0.2, 0.25) is 0 Å². The number of alkyl halides is 3. The minimum Gasteiger partial charge on any atom is -0.480 e. The van der Waals surface area contributed by atoms with E-state index in [9.17, 15) is 27.6 Å². The lowest BCUT2D eigenvalue weighted by Crippen LogP contribution is -2.39. The average Bonchev–Trinajstić information content (AvgIpc) is 2.12. The molecule has 0 aliphatic rings. The fourth-order valence-electron chi connectivity index (χ4n) is 1.27. The van der Waals surface area contributed by atoms with Crippen LogP contribution in [0.25, 0.3) is 0 Å². The molecule has 0 aliphatic heterocycles. The van der Waals surface area contributed by atoms with E-state index in [2.05, 4.69) is 4.74 Å². The Bertz CT molecular complexity index is 354. The molecule has 0 saturated heterocycles. The minimum atomic E-state index is -5.26. The highest BCUT2D eigenvalue weighted by Gasteiger charge is 2.42. The Labute approximate surface area is 107 Å². The van der Waals surface area contributed by atoms with Crippen LogP contribution in [0, 0.1) is 5.92 Å². The summed E-state index contributed by atoms with van der Waals surface area (Å²) in [5, 5.41) is 8.58. The van der Waals surface area contributed by atoms with Crippen molar-refractivity contribution in [2.24, 2.45) is 5.92 Å². The molecule has 0 aromatic heterocycles. The lowest BCUT2D eigenvalue weighted by molar-refractivity contribution is -0.202. The first kappa shape index (κ1) is 17.4. The molecular weight excluding hydrogens is 271 g/mol. The van der Waals surface area contributed by atoms with Crippen molar-refractivity contribution < 1.29 is 37.4 Å². The van der Waals surface area contributed by atoms with Crippen LogP contribution < -0.4 is 0 Å². The normalized spacial score (nSPS) is 11.7. The number of ether oxygens (including phenoxy) is 1. The predicted molar refractivity (Wildman–Crippen MR) is 56.1 cm³/mol. The maximum Gasteiger partial charge on any atom is 0.491 e. The molecular formula is C10H14F3NO5. The molecule has 6 nitrogen and oxygen atoms in total. The van der Waals surface area contributed by atoms with Gasteiger partial charge in [0, 0.05) is 6.54 Å². The van der Waals surface area contributed by atoms with Gasteiger partial charge >= 0.3 is 24.1 Å². The van der Waals surface area contributed by atoms with Gasteiger partial charge in [-0.05, 0) is 5.92 Å². The molecule has 0 heterocycles. The number of carboxylic acid groups (broad SMARTS) is 1. The highest BCUT2D eigenvalue weighted by atomic mass is 19.4. The van der Waals surface area contributed by atoms with Gasteiger partial charge in [-0.1, -0.05) is 13.8 Å². The Morgan fingerprint density at radius 3 is 2.11 bits per heavy atom. The van der Waals surface area contributed by atoms with Crippen molar-refractivity contribution in [1.29, 1.82) is 0 Å². The van der Waals surface area contributed by atoms with Gasteiger partial charge in [-0.3, -0.25) is 14.5 Å². The molecule has 0 rings (SSSR count). The summed E-state index contributed by atoms with van der Waals surface area (Å²) >= 11 is 0. The SMILES string of the molecule is CC(C)CN(CC(=O)O)CC(=O)OC(=O)C(F)(F)F. The van der Waals surface area contributed by atoms with Crippen LogP contribution in [0.1, 0.15) is 13.8 Å². The molecule has 0 bridgehead atoms. The standard InChI is InChI=1S/C10H14F3NO5/c1-6(2)3-14(4-7(15)16)5-8(17)19-9(18)10(11,12)13/h6H,3-5H2,1-2H3,(H,15,16). The molecule has 0 spiro atoms. The van der Waals surface area contributed by atoms with Crippen molar-refractivity contribution in [3.63, 3.8) is 0 Å². The second-order valence-corrected chi connectivity index (χ2v) is 4.22. The topological polar surface area (TPSA) is 83.9 Å². The number of esters is 2. The number of hydrogen-bond acceptors (Lipinski definition) is 5. The molecule has 0 aliphatic carbocycles. The van der Waals surface area contributed by atoms with E-state index in [1.165, 1.54) is 0 Å². The first-order valence-corrected chi connectivity index (χ1v) is 5.28. The van der Waals surface area contributed by atoms with E-state index in [1.54, 1.807) is 13.8 Å². The van der Waals surface area contributed by atoms with Crippen molar-refractivity contribution in [3.05, 3.63) is 0 Å². The summed E-state index contributed by atoms with van der Waals surface area (Å²) in [6.45, 7) is 2.41. The third kappa shape index (κ3) is 8.14. The fourth-order valence-corrected chi connectivity index (χ4v) is 1.27. The summed E-state index contributed by atoms with van der Waals surface area (Å²) in [6.07, 6.45) is -5.26. The quantitative estimate of drug-likeness (QED) is 0.570. The Balaban J connectivity index is 4.46. The third-order valence-electron chi connectivity index (χ3n) is 1.77. The number of rotatable bonds is 6. The van der Waals surface area contributed by atoms with Crippen molar-refractivity contribution >= 4 is 17.9 Å². The Morgan fingerprint density at radius 1 is 1.21 bits per heavy atom. The van der Waals surface area contributed by atoms with Crippen molar-refractivity contribution in [1.82, 2.24) is 4.90 Å². The minimum absolute atomic E-state index is 0.00883. The second kappa shape index (κ2) is 7.07. The lowest BCUT2D eigenvalue weighted by atomic mass is 10.2. The molecule has 0 atom stereocenters. The van der Waals surface area contributed by atoms with Gasteiger partial charge in [0.2, 0.25) is 0 Å². The molecule has 1 N–H and O–H groups in total. The zero-order valence-electron chi connectivity index (χ0n) is 10.4. The molecule has 0 aromatic rings. The van der Waals surface area contributed by atoms with Gasteiger partial charge in [0.15, 0.2) is 0 Å². The smallest absolute Gasteiger partial charge is 0.480 e. The van der Waals surface area contributed by atoms with Crippen LogP contribution in [0.3, 0.4) is 0 Å². The van der Waals surface area contributed by atoms with Gasteiger partial charge in [-0.15, -0.1) is 0 Å². The van der Waals surface area contributed by atoms with Gasteiger partial charge in [-0.25, -0.2) is 4.79 Å². The Hall–Kier alpha value is -1.64. The van der Waals surface area contributed by atoms with Crippen LogP contribution in [0.4, 0.5) is 13.2 Å². The predicted octanol–water partition coefficient (Wildman–Crippen LogP) is 0.661. The Morgan fingerprint density at radius 2 is 1.74 bits per heavy atom. The number of halogens is 3. The average molecular weight is 285 g/mol. The zero-order chi connectivity index (χ0) is 15.2. The number of carbonyl (C=O) groups excluding carboxylic acids is 2. The van der Waals surface area contributed by atoms with Crippen molar-refractivity contribution in [3.8, 4) is 0 Å². The first-order chi connectivity index (χ1) is 8.52. The van der Waals surface area contributed by atoms with E-state index in [0.717, 1.165) is 4.90 Å². The highest BCUT2D eigenvalue weighted by molar-refractivity contribution is 5.89. The second-order valence-electron chi connectivity index (χ2n) is 4.22. The maximum atomic E-state index is 11.8. The molecule has 110 valence electrons. The van der Waals surface area contributed by atoms with E-state index < -0.39 is 37.2 Å². The van der Waals surface area contributed by atoms with Crippen molar-refractivity contribution in [2.45, 2.75) is 20.0 Å². The number of carboxylic acids is 1. The van der Waals surface area contributed by atoms with E-state index in [0.29, 0.717) is 0 Å². The van der Waals surface area contributed by atoms with Gasteiger partial charge in [0.1, 0.15) is 0 Å². The summed E-state index contributed by atoms with van der Waals surface area (Å²) < 4.78 is 39.1. The highest BCUT2D eigenvalue weighted by Crippen LogP contribution is 2.16. The van der Waals surface area contributed by atoms with Gasteiger partial charge in [0.05, 0.1) is 13.1 Å². The molecule has 0 radical (unpaired) electrons. The number of hydrogen-bond donors (Lipinski definition) is 1. The van der Waals surface area contributed by atoms with Crippen LogP contribution in [-0.2, 0) is 19.1 Å². The van der Waals surface area contributed by atoms with E-state index in [1.807, 2.05) is 0 Å². The maximum absolute atomic E-state index is 11.8. The van der Waals surface area contributed by atoms with Crippen LogP contribution in [0.5, 0.6) is 0 Å². The van der Waals surface area contributed by atoms with E-state index in [-0.39, 0.29) is 12.5 Å². The summed E-state index contributed by atoms with van der Waals surface area (Å²) in [5.74, 6) is -5.30. The molecule has 0 aromatic carbocycles. The number of carbonyl (C=O) groups is 3. The summed E-state index contributed by atoms with van der Waals surface area (Å²) in [6, 6.07) is 0. The lowest BCUT2D eigenvalue weighted by Gasteiger charge is -2.20. The first-order valence-electron chi connectivity index (χ1n) is 5.28. The summed E-state index contributed by atoms with van der Waals surface area (Å²) in [5.41, 5.74) is 0. The van der Waals surface area contributed by atoms with E-state index >= 15 is 0 Å². The number of aliphatic carboxylic acids is 1. The van der Waals surface area contributed by atoms with Crippen LogP contribution in [-0.4, -0.2) is 53.7 Å². The molecule has 0 fully saturated rings. The van der Waals surface area contributed by atoms with Crippen molar-refractivity contribution in [2.75, 3.05) is 19.6 Å². The Kier molecular flexibility index (Phi) is 6.46. The van der Waals surface area contributed by atoms with Crippen LogP contribution in [0.15, 0.2) is 0 Å². The zero-order valence-corrected chi connectivity index (χ0v) is 10.4. The molecule has 0 saturated carbocycles. The van der Waals surface area contributed by atoms with Crippen LogP contribution >= 0.6 is 0 Å². The monoisotopic (exact) mass is 285 g/mol. The van der Waals surface area contributed by atoms with Gasteiger partial charge in [0.25, 0.3) is 0 Å². The molecule has 9 heteroatoms. The third-order valence-corrected chi connectivity index (χ3v) is 1.77. The van der Waals surface area contributed by atoms with Gasteiger partial charge < -0.3 is 9.84 Å².